The maximum atomic E-state index is 9.29. The molecule has 0 spiro atoms. The fraction of sp³-hybridized carbons (Fsp3) is 0.250. The van der Waals surface area contributed by atoms with Gasteiger partial charge in [-0.3, -0.25) is 0 Å². The molecule has 1 aromatic carbocycles. The van der Waals surface area contributed by atoms with E-state index in [0.29, 0.717) is 11.3 Å². The first-order valence-electron chi connectivity index (χ1n) is 3.57. The van der Waals surface area contributed by atoms with Gasteiger partial charge in [0.1, 0.15) is 0 Å². The molecule has 0 unspecified atom stereocenters. The van der Waals surface area contributed by atoms with Crippen LogP contribution < -0.4 is 11.5 Å². The van der Waals surface area contributed by atoms with Gasteiger partial charge in [0.15, 0.2) is 0 Å². The summed E-state index contributed by atoms with van der Waals surface area (Å²) in [7, 11) is 0. The summed E-state index contributed by atoms with van der Waals surface area (Å²) >= 11 is 0. The maximum Gasteiger partial charge on any atom is 0.202 e. The van der Waals surface area contributed by atoms with Crippen molar-refractivity contribution in [3.63, 3.8) is 0 Å². The van der Waals surface area contributed by atoms with Crippen LogP contribution >= 0.6 is 0 Å². The van der Waals surface area contributed by atoms with Crippen molar-refractivity contribution in [3.8, 4) is 0 Å². The van der Waals surface area contributed by atoms with E-state index in [1.165, 1.54) is 6.07 Å². The van der Waals surface area contributed by atoms with Gasteiger partial charge in [0.25, 0.3) is 0 Å². The van der Waals surface area contributed by atoms with Crippen molar-refractivity contribution < 1.29 is 10.2 Å². The lowest BCUT2D eigenvalue weighted by Gasteiger charge is -2.19. The number of hydrogen-bond donors (Lipinski definition) is 4. The van der Waals surface area contributed by atoms with E-state index in [1.54, 1.807) is 18.2 Å². The van der Waals surface area contributed by atoms with E-state index < -0.39 is 5.79 Å². The Kier molecular flexibility index (Phi) is 2.32. The molecule has 0 heterocycles. The molecule has 0 saturated carbocycles. The number of rotatable bonds is 2. The van der Waals surface area contributed by atoms with Gasteiger partial charge in [0.2, 0.25) is 5.79 Å². The number of nitrogen functional groups attached to an aromatic ring is 1. The third-order valence-electron chi connectivity index (χ3n) is 1.63. The Bertz CT molecular complexity index is 274. The quantitative estimate of drug-likeness (QED) is 0.349. The second-order valence-electron chi connectivity index (χ2n) is 2.65. The molecule has 0 fully saturated rings. The van der Waals surface area contributed by atoms with Gasteiger partial charge >= 0.3 is 0 Å². The van der Waals surface area contributed by atoms with E-state index in [2.05, 4.69) is 0 Å². The van der Waals surface area contributed by atoms with Gasteiger partial charge in [-0.25, -0.2) is 0 Å². The molecule has 0 aliphatic rings. The number of anilines is 1. The van der Waals surface area contributed by atoms with Gasteiger partial charge in [-0.1, -0.05) is 12.1 Å². The third kappa shape index (κ3) is 1.73. The summed E-state index contributed by atoms with van der Waals surface area (Å²) in [6, 6.07) is 6.34. The number of hydrogen-bond acceptors (Lipinski definition) is 4. The highest BCUT2D eigenvalue weighted by atomic mass is 16.5. The molecule has 12 heavy (non-hydrogen) atoms. The third-order valence-corrected chi connectivity index (χ3v) is 1.63. The van der Waals surface area contributed by atoms with Crippen LogP contribution in [0.15, 0.2) is 24.3 Å². The molecule has 0 aliphatic carbocycles. The Morgan fingerprint density at radius 3 is 2.50 bits per heavy atom. The smallest absolute Gasteiger partial charge is 0.202 e. The molecule has 4 heteroatoms. The topological polar surface area (TPSA) is 92.5 Å². The van der Waals surface area contributed by atoms with E-state index in [1.807, 2.05) is 0 Å². The summed E-state index contributed by atoms with van der Waals surface area (Å²) in [6.07, 6.45) is 0. The summed E-state index contributed by atoms with van der Waals surface area (Å²) in [5, 5.41) is 18.6. The fourth-order valence-corrected chi connectivity index (χ4v) is 0.906. The number of aliphatic hydroxyl groups is 2. The van der Waals surface area contributed by atoms with Crippen LogP contribution in [0.3, 0.4) is 0 Å². The standard InChI is InChI=1S/C8H12N2O2/c9-5-8(11,12)6-2-1-3-7(10)4-6/h1-4,11-12H,5,9-10H2. The summed E-state index contributed by atoms with van der Waals surface area (Å²) in [4.78, 5) is 0. The van der Waals surface area contributed by atoms with Crippen LogP contribution in [-0.2, 0) is 5.79 Å². The molecule has 66 valence electrons. The largest absolute Gasteiger partial charge is 0.399 e. The summed E-state index contributed by atoms with van der Waals surface area (Å²) in [5.74, 6) is -1.98. The minimum Gasteiger partial charge on any atom is -0.399 e. The predicted molar refractivity (Wildman–Crippen MR) is 46.0 cm³/mol. The fourth-order valence-electron chi connectivity index (χ4n) is 0.906. The first kappa shape index (κ1) is 8.99. The maximum absolute atomic E-state index is 9.29. The highest BCUT2D eigenvalue weighted by molar-refractivity contribution is 5.42. The lowest BCUT2D eigenvalue weighted by atomic mass is 10.1. The van der Waals surface area contributed by atoms with Crippen LogP contribution in [0, 0.1) is 0 Å². The van der Waals surface area contributed by atoms with E-state index in [-0.39, 0.29) is 6.54 Å². The number of nitrogens with two attached hydrogens (primary N) is 2. The van der Waals surface area contributed by atoms with Crippen molar-refractivity contribution in [2.24, 2.45) is 5.73 Å². The first-order chi connectivity index (χ1) is 5.56. The molecule has 4 nitrogen and oxygen atoms in total. The van der Waals surface area contributed by atoms with Crippen LogP contribution in [0.4, 0.5) is 5.69 Å². The molecular weight excluding hydrogens is 156 g/mol. The van der Waals surface area contributed by atoms with Crippen molar-refractivity contribution in [2.45, 2.75) is 5.79 Å². The minimum absolute atomic E-state index is 0.254. The molecular formula is C8H12N2O2. The Balaban J connectivity index is 3.03. The van der Waals surface area contributed by atoms with E-state index in [9.17, 15) is 10.2 Å². The first-order valence-corrected chi connectivity index (χ1v) is 3.57. The van der Waals surface area contributed by atoms with Crippen LogP contribution in [0.1, 0.15) is 5.56 Å². The summed E-state index contributed by atoms with van der Waals surface area (Å²) < 4.78 is 0. The molecule has 0 atom stereocenters. The monoisotopic (exact) mass is 168 g/mol. The average molecular weight is 168 g/mol. The van der Waals surface area contributed by atoms with Crippen molar-refractivity contribution >= 4 is 5.69 Å². The zero-order valence-electron chi connectivity index (χ0n) is 6.57. The van der Waals surface area contributed by atoms with Gasteiger partial charge in [0, 0.05) is 11.3 Å². The van der Waals surface area contributed by atoms with Gasteiger partial charge in [-0.2, -0.15) is 0 Å². The van der Waals surface area contributed by atoms with Gasteiger partial charge in [-0.15, -0.1) is 0 Å². The van der Waals surface area contributed by atoms with Crippen LogP contribution in [0.2, 0.25) is 0 Å². The van der Waals surface area contributed by atoms with E-state index >= 15 is 0 Å². The molecule has 1 aromatic rings. The van der Waals surface area contributed by atoms with Gasteiger partial charge in [0.05, 0.1) is 6.54 Å². The Morgan fingerprint density at radius 1 is 1.33 bits per heavy atom. The molecule has 0 amide bonds. The molecule has 0 aliphatic heterocycles. The van der Waals surface area contributed by atoms with Crippen LogP contribution in [0.25, 0.3) is 0 Å². The van der Waals surface area contributed by atoms with Crippen molar-refractivity contribution in [1.29, 1.82) is 0 Å². The minimum atomic E-state index is -1.98. The molecule has 1 rings (SSSR count). The Hall–Kier alpha value is -1.10. The van der Waals surface area contributed by atoms with E-state index in [4.69, 9.17) is 11.5 Å². The second-order valence-corrected chi connectivity index (χ2v) is 2.65. The summed E-state index contributed by atoms with van der Waals surface area (Å²) in [6.45, 7) is -0.254. The molecule has 0 saturated heterocycles. The predicted octanol–water partition coefficient (Wildman–Crippen LogP) is -0.635. The number of benzene rings is 1. The van der Waals surface area contributed by atoms with Crippen molar-refractivity contribution in [1.82, 2.24) is 0 Å². The second kappa shape index (κ2) is 3.10. The zero-order chi connectivity index (χ0) is 9.19. The Labute approximate surface area is 70.4 Å². The van der Waals surface area contributed by atoms with Crippen molar-refractivity contribution in [2.75, 3.05) is 12.3 Å². The van der Waals surface area contributed by atoms with Crippen LogP contribution in [0.5, 0.6) is 0 Å². The van der Waals surface area contributed by atoms with Gasteiger partial charge in [-0.05, 0) is 12.1 Å². The molecule has 0 radical (unpaired) electrons. The normalized spacial score (nSPS) is 11.6. The molecule has 0 aromatic heterocycles. The van der Waals surface area contributed by atoms with Crippen molar-refractivity contribution in [3.05, 3.63) is 29.8 Å². The highest BCUT2D eigenvalue weighted by Crippen LogP contribution is 2.18. The molecule has 6 N–H and O–H groups in total. The Morgan fingerprint density at radius 2 is 2.00 bits per heavy atom. The average Bonchev–Trinajstić information content (AvgIpc) is 2.05. The SMILES string of the molecule is NCC(O)(O)c1cccc(N)c1. The lowest BCUT2D eigenvalue weighted by Crippen LogP contribution is -2.34. The zero-order valence-corrected chi connectivity index (χ0v) is 6.57. The van der Waals surface area contributed by atoms with Gasteiger partial charge < -0.3 is 21.7 Å². The van der Waals surface area contributed by atoms with Crippen LogP contribution in [-0.4, -0.2) is 16.8 Å². The highest BCUT2D eigenvalue weighted by Gasteiger charge is 2.23. The molecule has 0 bridgehead atoms. The lowest BCUT2D eigenvalue weighted by molar-refractivity contribution is -0.160. The van der Waals surface area contributed by atoms with E-state index in [0.717, 1.165) is 0 Å². The summed E-state index contributed by atoms with van der Waals surface area (Å²) in [5.41, 5.74) is 11.4.